The van der Waals surface area contributed by atoms with Crippen LogP contribution in [0.4, 0.5) is 0 Å². The molecular formula is C114H66N14S2. The number of rotatable bonds is 12. The van der Waals surface area contributed by atoms with E-state index < -0.39 is 0 Å². The lowest BCUT2D eigenvalue weighted by molar-refractivity contribution is 0.953. The Kier molecular flexibility index (Phi) is 16.4. The molecule has 0 amide bonds. The van der Waals surface area contributed by atoms with E-state index in [4.69, 9.17) is 29.9 Å². The number of hydrogen-bond acceptors (Lipinski definition) is 12. The van der Waals surface area contributed by atoms with Crippen LogP contribution >= 0.6 is 22.7 Å². The molecule has 0 saturated heterocycles. The molecule has 0 saturated carbocycles. The van der Waals surface area contributed by atoms with Crippen LogP contribution in [0.25, 0.3) is 263 Å². The van der Waals surface area contributed by atoms with Crippen LogP contribution < -0.4 is 0 Å². The predicted octanol–water partition coefficient (Wildman–Crippen LogP) is 29.0. The second-order valence-corrected chi connectivity index (χ2v) is 35.1. The smallest absolute Gasteiger partial charge is 0.238 e. The van der Waals surface area contributed by atoms with Crippen molar-refractivity contribution in [3.63, 3.8) is 0 Å². The molecule has 0 N–H and O–H groups in total. The summed E-state index contributed by atoms with van der Waals surface area (Å²) in [5.74, 6) is 3.47. The SMILES string of the molecule is c1ccc(-c2cc(-c3ccc(-n4c5ccncc5c5c6ccc7cc8c(c9ccc(cc54)c6c79)c4cnccc4n8-c4ccc(-c5ccc(-c6ccccc6)s5)cc4)cc3)cs2)cc1.c1ccc(-c2nc(-c3ccccc3)nc(-n3c4ccncc4c4c5ccc6cc7c(c8ccc(cc43)c5c68)c3cnccc3n7-c3nc(-c4ccccc4)nc(-c4ccccc4)n3)n2)cc1. The first-order chi connectivity index (χ1) is 64.5. The highest BCUT2D eigenvalue weighted by Crippen LogP contribution is 2.51. The first-order valence-electron chi connectivity index (χ1n) is 43.3. The van der Waals surface area contributed by atoms with Gasteiger partial charge >= 0.3 is 0 Å². The number of benzene rings is 16. The van der Waals surface area contributed by atoms with Gasteiger partial charge in [0, 0.05) is 141 Å². The third-order valence-corrected chi connectivity index (χ3v) is 28.0. The van der Waals surface area contributed by atoms with Crippen LogP contribution in [0.1, 0.15) is 0 Å². The van der Waals surface area contributed by atoms with Gasteiger partial charge in [0.05, 0.1) is 44.1 Å². The van der Waals surface area contributed by atoms with Crippen molar-refractivity contribution in [2.75, 3.05) is 0 Å². The highest BCUT2D eigenvalue weighted by atomic mass is 32.1. The van der Waals surface area contributed by atoms with E-state index in [0.29, 0.717) is 35.2 Å². The monoisotopic (exact) mass is 1690 g/mol. The highest BCUT2D eigenvalue weighted by molar-refractivity contribution is 7.18. The summed E-state index contributed by atoms with van der Waals surface area (Å²) in [6.45, 7) is 0. The molecule has 0 aliphatic carbocycles. The van der Waals surface area contributed by atoms with Gasteiger partial charge < -0.3 is 9.13 Å². The summed E-state index contributed by atoms with van der Waals surface area (Å²) < 4.78 is 9.16. The van der Waals surface area contributed by atoms with Gasteiger partial charge in [-0.05, 0) is 189 Å². The van der Waals surface area contributed by atoms with E-state index in [-0.39, 0.29) is 0 Å². The van der Waals surface area contributed by atoms with Crippen LogP contribution in [0.3, 0.4) is 0 Å². The van der Waals surface area contributed by atoms with Gasteiger partial charge in [-0.1, -0.05) is 255 Å². The molecule has 28 aromatic rings. The second kappa shape index (κ2) is 29.2. The van der Waals surface area contributed by atoms with E-state index >= 15 is 0 Å². The summed E-state index contributed by atoms with van der Waals surface area (Å²) in [5, 5.41) is 25.5. The van der Waals surface area contributed by atoms with Gasteiger partial charge in [0.1, 0.15) is 0 Å². The van der Waals surface area contributed by atoms with Gasteiger partial charge in [-0.2, -0.15) is 19.9 Å². The number of thiophene rings is 2. The number of pyridine rings is 4. The molecule has 12 heterocycles. The van der Waals surface area contributed by atoms with E-state index in [9.17, 15) is 0 Å². The topological polar surface area (TPSA) is 149 Å². The van der Waals surface area contributed by atoms with Crippen molar-refractivity contribution >= 4 is 175 Å². The van der Waals surface area contributed by atoms with Gasteiger partial charge in [0.2, 0.25) is 11.9 Å². The maximum atomic E-state index is 5.18. The molecule has 14 nitrogen and oxygen atoms in total. The summed E-state index contributed by atoms with van der Waals surface area (Å²) in [4.78, 5) is 53.3. The minimum atomic E-state index is 0.535. The lowest BCUT2D eigenvalue weighted by atomic mass is 9.90. The van der Waals surface area contributed by atoms with Crippen LogP contribution in [0.5, 0.6) is 0 Å². The van der Waals surface area contributed by atoms with Crippen LogP contribution in [-0.4, -0.2) is 68.1 Å². The molecule has 0 fully saturated rings. The molecule has 0 spiro atoms. The number of fused-ring (bicyclic) bond motifs is 16. The van der Waals surface area contributed by atoms with Crippen molar-refractivity contribution in [1.29, 1.82) is 0 Å². The van der Waals surface area contributed by atoms with E-state index in [2.05, 4.69) is 268 Å². The number of aromatic nitrogens is 14. The van der Waals surface area contributed by atoms with Crippen molar-refractivity contribution in [3.8, 4) is 111 Å². The summed E-state index contributed by atoms with van der Waals surface area (Å²) in [7, 11) is 0. The average Bonchev–Trinajstić information content (AvgIpc) is 1.50. The average molecular weight is 1700 g/mol. The van der Waals surface area contributed by atoms with Gasteiger partial charge in [-0.3, -0.25) is 29.1 Å². The molecule has 0 aliphatic heterocycles. The summed E-state index contributed by atoms with van der Waals surface area (Å²) >= 11 is 3.63. The van der Waals surface area contributed by atoms with Crippen LogP contribution in [0, 0.1) is 0 Å². The van der Waals surface area contributed by atoms with Crippen molar-refractivity contribution in [2.24, 2.45) is 0 Å². The Balaban J connectivity index is 0.000000134. The zero-order chi connectivity index (χ0) is 85.2. The first kappa shape index (κ1) is 73.2. The van der Waals surface area contributed by atoms with E-state index in [1.54, 1.807) is 11.3 Å². The molecule has 0 bridgehead atoms. The molecule has 130 heavy (non-hydrogen) atoms. The van der Waals surface area contributed by atoms with Gasteiger partial charge in [-0.25, -0.2) is 9.97 Å². The molecule has 604 valence electrons. The largest absolute Gasteiger partial charge is 0.309 e. The maximum absolute atomic E-state index is 5.18. The third-order valence-electron chi connectivity index (χ3n) is 25.9. The Hall–Kier alpha value is -17.2. The Morgan fingerprint density at radius 3 is 0.808 bits per heavy atom. The van der Waals surface area contributed by atoms with Crippen LogP contribution in [-0.2, 0) is 0 Å². The molecule has 16 heteroatoms. The normalized spacial score (nSPS) is 12.0. The standard InChI is InChI=1S/C58H34N4S2.C56H32N10/c1-3-7-36(8-4-1)52-23-24-53(64-52)38-13-19-43(20-14-38)62-49-26-28-60-33-47(49)58-45-22-15-39-29-50-57(44-21-16-40(30-51(58)62)56(45)55(39)44)46-32-59-27-25-48(46)61(50)42-17-11-35(12-18-42)41-31-54(63-34-41)37-9-5-2-6-10-37;1-5-13-33(14-6-1)51-59-52(34-15-7-2-8-16-34)62-55(61-51)65-43-25-27-57-31-41(43)49-39-23-22-38-30-46-50(40-24-21-37(29-45(49)65)47(39)48(38)40)42-32-58-28-26-44(42)66(46)56-63-53(35-17-9-3-10-18-35)60-54(64-56)36-19-11-4-12-20-36/h1-34H;1-32H. The van der Waals surface area contributed by atoms with Crippen molar-refractivity contribution in [3.05, 3.63) is 401 Å². The molecule has 12 aromatic heterocycles. The minimum Gasteiger partial charge on any atom is -0.309 e. The molecule has 0 unspecified atom stereocenters. The fourth-order valence-corrected chi connectivity index (χ4v) is 22.1. The third kappa shape index (κ3) is 11.5. The van der Waals surface area contributed by atoms with E-state index in [0.717, 1.165) is 121 Å². The van der Waals surface area contributed by atoms with Crippen molar-refractivity contribution in [2.45, 2.75) is 0 Å². The Labute approximate surface area is 749 Å². The number of hydrogen-bond donors (Lipinski definition) is 0. The highest BCUT2D eigenvalue weighted by Gasteiger charge is 2.28. The molecule has 0 aliphatic rings. The predicted molar refractivity (Wildman–Crippen MR) is 535 cm³/mol. The summed E-state index contributed by atoms with van der Waals surface area (Å²) in [6.07, 6.45) is 15.5. The summed E-state index contributed by atoms with van der Waals surface area (Å²) in [6, 6.07) is 123. The van der Waals surface area contributed by atoms with Crippen LogP contribution in [0.15, 0.2) is 401 Å². The molecule has 28 rings (SSSR count). The van der Waals surface area contributed by atoms with Gasteiger partial charge in [-0.15, -0.1) is 22.7 Å². The lowest BCUT2D eigenvalue weighted by Crippen LogP contribution is -2.06. The second-order valence-electron chi connectivity index (χ2n) is 33.1. The Bertz CT molecular complexity index is 8740. The quantitative estimate of drug-likeness (QED) is 0.108. The minimum absolute atomic E-state index is 0.535. The van der Waals surface area contributed by atoms with E-state index in [1.165, 1.54) is 107 Å². The molecule has 0 atom stereocenters. The van der Waals surface area contributed by atoms with Gasteiger partial charge in [0.15, 0.2) is 23.3 Å². The molecule has 16 aromatic carbocycles. The maximum Gasteiger partial charge on any atom is 0.238 e. The van der Waals surface area contributed by atoms with Gasteiger partial charge in [0.25, 0.3) is 0 Å². The number of nitrogens with zero attached hydrogens (tertiary/aromatic N) is 14. The Morgan fingerprint density at radius 2 is 0.477 bits per heavy atom. The fraction of sp³-hybridized carbons (Fsp3) is 0. The zero-order valence-corrected chi connectivity index (χ0v) is 70.8. The van der Waals surface area contributed by atoms with Crippen molar-refractivity contribution < 1.29 is 0 Å². The zero-order valence-electron chi connectivity index (χ0n) is 69.2. The van der Waals surface area contributed by atoms with Crippen molar-refractivity contribution in [1.82, 2.24) is 68.1 Å². The first-order valence-corrected chi connectivity index (χ1v) is 45.0. The molecular weight excluding hydrogens is 1630 g/mol. The summed E-state index contributed by atoms with van der Waals surface area (Å²) in [5.41, 5.74) is 20.6. The van der Waals surface area contributed by atoms with E-state index in [1.807, 2.05) is 182 Å². The fourth-order valence-electron chi connectivity index (χ4n) is 20.1. The van der Waals surface area contributed by atoms with Crippen LogP contribution in [0.2, 0.25) is 0 Å². The molecule has 0 radical (unpaired) electrons. The Morgan fingerprint density at radius 1 is 0.192 bits per heavy atom. The lowest BCUT2D eigenvalue weighted by Gasteiger charge is -2.15.